The number of rotatable bonds is 10. The van der Waals surface area contributed by atoms with E-state index in [9.17, 15) is 34.2 Å². The van der Waals surface area contributed by atoms with Gasteiger partial charge in [-0.15, -0.1) is 0 Å². The van der Waals surface area contributed by atoms with Gasteiger partial charge in [0.05, 0.1) is 18.1 Å². The largest absolute Gasteiger partial charge is 0.493 e. The van der Waals surface area contributed by atoms with Gasteiger partial charge in [0.25, 0.3) is 0 Å². The van der Waals surface area contributed by atoms with E-state index in [1.54, 1.807) is 24.3 Å². The highest BCUT2D eigenvalue weighted by atomic mass is 16.6. The molecule has 1 spiro atoms. The van der Waals surface area contributed by atoms with Crippen molar-refractivity contribution in [2.45, 2.75) is 81.9 Å². The first-order valence-corrected chi connectivity index (χ1v) is 15.7. The first-order chi connectivity index (χ1) is 22.8. The van der Waals surface area contributed by atoms with Crippen molar-refractivity contribution >= 4 is 29.8 Å². The van der Waals surface area contributed by atoms with Crippen molar-refractivity contribution in [3.8, 4) is 11.5 Å². The average Bonchev–Trinajstić information content (AvgIpc) is 3.40. The monoisotopic (exact) mass is 664 g/mol. The van der Waals surface area contributed by atoms with Gasteiger partial charge in [0.15, 0.2) is 17.6 Å². The molecule has 1 unspecified atom stereocenters. The van der Waals surface area contributed by atoms with E-state index < -0.39 is 65.3 Å². The third-order valence-electron chi connectivity index (χ3n) is 10.0. The molecule has 2 N–H and O–H groups in total. The number of esters is 4. The average molecular weight is 665 g/mol. The Balaban J connectivity index is 1.35. The summed E-state index contributed by atoms with van der Waals surface area (Å²) in [4.78, 5) is 62.9. The molecule has 1 fully saturated rings. The highest BCUT2D eigenvalue weighted by Crippen LogP contribution is 2.68. The predicted octanol–water partition coefficient (Wildman–Crippen LogP) is 3.09. The number of aliphatic hydroxyl groups is 1. The Hall–Kier alpha value is -4.91. The standard InChI is InChI=1S/C35H36O13/c1-17-12-14-34-25-21-10-11-23(43-4)27(25)47-30(34)24(13-15-35(34,42)22(17)16-21)46-32(40)26(20-8-6-5-7-9-20)48-33(41)29(45-19(3)37)28(31(38)39)44-18(2)36/h5-11,13,17,22,26,28-30,42H,12,14-16H2,1-4H3,(H,38,39)/t17?,22-,26-,28+,29+,30-,34-,35+/m0/s1. The number of hydrogen-bond donors (Lipinski definition) is 2. The first kappa shape index (κ1) is 33.0. The van der Waals surface area contributed by atoms with Gasteiger partial charge in [-0.25, -0.2) is 14.4 Å². The summed E-state index contributed by atoms with van der Waals surface area (Å²) in [5, 5.41) is 22.2. The number of hydrogen-bond acceptors (Lipinski definition) is 12. The van der Waals surface area contributed by atoms with Crippen molar-refractivity contribution in [2.75, 3.05) is 7.11 Å². The minimum absolute atomic E-state index is 0.0756. The van der Waals surface area contributed by atoms with Crippen LogP contribution in [0.1, 0.15) is 62.8 Å². The van der Waals surface area contributed by atoms with Crippen LogP contribution in [-0.2, 0) is 54.8 Å². The van der Waals surface area contributed by atoms with Crippen LogP contribution in [0.5, 0.6) is 11.5 Å². The van der Waals surface area contributed by atoms with Crippen LogP contribution in [0.25, 0.3) is 0 Å². The van der Waals surface area contributed by atoms with E-state index in [0.29, 0.717) is 24.3 Å². The van der Waals surface area contributed by atoms with E-state index >= 15 is 0 Å². The van der Waals surface area contributed by atoms with Crippen molar-refractivity contribution in [1.29, 1.82) is 0 Å². The lowest BCUT2D eigenvalue weighted by Crippen LogP contribution is -2.69. The van der Waals surface area contributed by atoms with E-state index in [1.807, 2.05) is 12.1 Å². The summed E-state index contributed by atoms with van der Waals surface area (Å²) >= 11 is 0. The quantitative estimate of drug-likeness (QED) is 0.280. The van der Waals surface area contributed by atoms with Gasteiger partial charge in [-0.1, -0.05) is 43.3 Å². The lowest BCUT2D eigenvalue weighted by atomic mass is 9.45. The summed E-state index contributed by atoms with van der Waals surface area (Å²) in [6.07, 6.45) is -3.37. The van der Waals surface area contributed by atoms with Gasteiger partial charge >= 0.3 is 29.8 Å². The molecular formula is C35H36O13. The Morgan fingerprint density at radius 3 is 2.27 bits per heavy atom. The minimum atomic E-state index is -2.26. The van der Waals surface area contributed by atoms with Crippen LogP contribution < -0.4 is 9.47 Å². The molecule has 1 heterocycles. The number of ether oxygens (including phenoxy) is 6. The Kier molecular flexibility index (Phi) is 8.44. The molecule has 0 saturated heterocycles. The van der Waals surface area contributed by atoms with Crippen molar-refractivity contribution in [1.82, 2.24) is 0 Å². The number of methoxy groups -OCH3 is 1. The van der Waals surface area contributed by atoms with Gasteiger partial charge in [-0.05, 0) is 55.2 Å². The summed E-state index contributed by atoms with van der Waals surface area (Å²) in [6, 6.07) is 11.6. The van der Waals surface area contributed by atoms with Gasteiger partial charge in [0.2, 0.25) is 18.3 Å². The van der Waals surface area contributed by atoms with Crippen molar-refractivity contribution in [3.63, 3.8) is 0 Å². The zero-order chi connectivity index (χ0) is 34.5. The molecule has 48 heavy (non-hydrogen) atoms. The van der Waals surface area contributed by atoms with Crippen molar-refractivity contribution < 1.29 is 62.6 Å². The van der Waals surface area contributed by atoms with Gasteiger partial charge < -0.3 is 38.6 Å². The van der Waals surface area contributed by atoms with Gasteiger partial charge in [-0.2, -0.15) is 0 Å². The second kappa shape index (κ2) is 12.3. The molecule has 4 aliphatic rings. The van der Waals surface area contributed by atoms with Gasteiger partial charge in [0.1, 0.15) is 5.76 Å². The van der Waals surface area contributed by atoms with Crippen LogP contribution in [0.15, 0.2) is 54.3 Å². The Bertz CT molecular complexity index is 1700. The molecule has 8 atom stereocenters. The summed E-state index contributed by atoms with van der Waals surface area (Å²) in [5.41, 5.74) is -0.0906. The fourth-order valence-electron chi connectivity index (χ4n) is 8.03. The van der Waals surface area contributed by atoms with Crippen LogP contribution in [0.3, 0.4) is 0 Å². The second-order valence-electron chi connectivity index (χ2n) is 12.7. The molecule has 0 amide bonds. The number of carboxylic acids is 1. The van der Waals surface area contributed by atoms with Gasteiger partial charge in [-0.3, -0.25) is 9.59 Å². The first-order valence-electron chi connectivity index (χ1n) is 15.7. The molecule has 1 aliphatic heterocycles. The summed E-state index contributed by atoms with van der Waals surface area (Å²) in [7, 11) is 1.52. The summed E-state index contributed by atoms with van der Waals surface area (Å²) in [5.74, 6) is -5.21. The maximum absolute atomic E-state index is 14.0. The molecule has 13 nitrogen and oxygen atoms in total. The lowest BCUT2D eigenvalue weighted by molar-refractivity contribution is -0.194. The fraction of sp³-hybridized carbons (Fsp3) is 0.457. The van der Waals surface area contributed by atoms with E-state index in [4.69, 9.17) is 28.4 Å². The van der Waals surface area contributed by atoms with E-state index in [1.165, 1.54) is 19.2 Å². The molecule has 6 rings (SSSR count). The van der Waals surface area contributed by atoms with Crippen LogP contribution in [0.4, 0.5) is 0 Å². The third kappa shape index (κ3) is 5.16. The summed E-state index contributed by atoms with van der Waals surface area (Å²) < 4.78 is 33.3. The molecule has 2 aromatic carbocycles. The van der Waals surface area contributed by atoms with Crippen LogP contribution in [-0.4, -0.2) is 71.1 Å². The second-order valence-corrected chi connectivity index (χ2v) is 12.7. The summed E-state index contributed by atoms with van der Waals surface area (Å²) in [6.45, 7) is 3.97. The number of carbonyl (C=O) groups is 5. The molecule has 3 aliphatic carbocycles. The maximum atomic E-state index is 14.0. The number of benzene rings is 2. The predicted molar refractivity (Wildman–Crippen MR) is 162 cm³/mol. The van der Waals surface area contributed by atoms with E-state index in [0.717, 1.165) is 31.4 Å². The van der Waals surface area contributed by atoms with Crippen molar-refractivity contribution in [3.05, 3.63) is 71.0 Å². The molecule has 13 heteroatoms. The van der Waals surface area contributed by atoms with Crippen LogP contribution in [0.2, 0.25) is 0 Å². The highest BCUT2D eigenvalue weighted by molar-refractivity contribution is 5.90. The number of carbonyl (C=O) groups excluding carboxylic acids is 4. The van der Waals surface area contributed by atoms with Crippen molar-refractivity contribution in [2.24, 2.45) is 11.8 Å². The zero-order valence-corrected chi connectivity index (χ0v) is 26.8. The fourth-order valence-corrected chi connectivity index (χ4v) is 8.03. The lowest BCUT2D eigenvalue weighted by Gasteiger charge is -2.61. The number of aliphatic carboxylic acids is 1. The van der Waals surface area contributed by atoms with Crippen LogP contribution >= 0.6 is 0 Å². The molecule has 1 saturated carbocycles. The topological polar surface area (TPSA) is 181 Å². The highest BCUT2D eigenvalue weighted by Gasteiger charge is 2.72. The number of carboxylic acid groups (broad SMARTS) is 1. The Morgan fingerprint density at radius 1 is 0.938 bits per heavy atom. The molecule has 2 bridgehead atoms. The normalized spacial score (nSPS) is 27.9. The molecular weight excluding hydrogens is 628 g/mol. The van der Waals surface area contributed by atoms with E-state index in [2.05, 4.69) is 6.92 Å². The molecule has 2 aromatic rings. The SMILES string of the molecule is COc1ccc2c3c1O[C@H]1C(OC(=O)[C@@H](OC(=O)[C@H](OC(C)=O)[C@@H](OC(C)=O)C(=O)O)c4ccccc4)=CC[C@@]4(O)[C@@H](C2)C(C)CC[C@]314. The zero-order valence-electron chi connectivity index (χ0n) is 26.8. The maximum Gasteiger partial charge on any atom is 0.357 e. The minimum Gasteiger partial charge on any atom is -0.493 e. The van der Waals surface area contributed by atoms with Crippen LogP contribution in [0, 0.1) is 11.8 Å². The molecule has 0 radical (unpaired) electrons. The van der Waals surface area contributed by atoms with Gasteiger partial charge in [0, 0.05) is 25.0 Å². The Morgan fingerprint density at radius 2 is 1.62 bits per heavy atom. The third-order valence-corrected chi connectivity index (χ3v) is 10.0. The van der Waals surface area contributed by atoms with E-state index in [-0.39, 0.29) is 29.6 Å². The molecule has 254 valence electrons. The smallest absolute Gasteiger partial charge is 0.357 e. The molecule has 0 aromatic heterocycles. The Labute approximate surface area is 275 Å².